The predicted octanol–water partition coefficient (Wildman–Crippen LogP) is 4.82. The first-order valence-corrected chi connectivity index (χ1v) is 5.50. The maximum absolute atomic E-state index is 6.07. The van der Waals surface area contributed by atoms with E-state index in [0.29, 0.717) is 10.0 Å². The van der Waals surface area contributed by atoms with Crippen LogP contribution in [0.25, 0.3) is 11.3 Å². The number of hydrogen-bond donors (Lipinski definition) is 0. The molecule has 2 rings (SSSR count). The van der Waals surface area contributed by atoms with E-state index in [2.05, 4.69) is 0 Å². The van der Waals surface area contributed by atoms with Crippen LogP contribution in [0, 0.1) is 0 Å². The Morgan fingerprint density at radius 2 is 1.93 bits per heavy atom. The largest absolute Gasteiger partial charge is 0.461 e. The highest BCUT2D eigenvalue weighted by Crippen LogP contribution is 2.31. The van der Waals surface area contributed by atoms with Crippen LogP contribution in [-0.2, 0) is 6.42 Å². The quantitative estimate of drug-likeness (QED) is 0.734. The van der Waals surface area contributed by atoms with Crippen LogP contribution in [0.1, 0.15) is 12.7 Å². The van der Waals surface area contributed by atoms with Crippen molar-refractivity contribution in [1.82, 2.24) is 0 Å². The predicted molar refractivity (Wildman–Crippen MR) is 63.5 cm³/mol. The van der Waals surface area contributed by atoms with E-state index in [4.69, 9.17) is 27.6 Å². The zero-order chi connectivity index (χ0) is 10.8. The van der Waals surface area contributed by atoms with Gasteiger partial charge in [0.1, 0.15) is 11.5 Å². The van der Waals surface area contributed by atoms with Gasteiger partial charge in [-0.25, -0.2) is 0 Å². The molecule has 0 amide bonds. The Kier molecular flexibility index (Phi) is 3.03. The minimum absolute atomic E-state index is 0.611. The Bertz CT molecular complexity index is 474. The summed E-state index contributed by atoms with van der Waals surface area (Å²) < 4.78 is 5.61. The summed E-state index contributed by atoms with van der Waals surface area (Å²) in [7, 11) is 0. The summed E-state index contributed by atoms with van der Waals surface area (Å²) in [5.41, 5.74) is 0.876. The summed E-state index contributed by atoms with van der Waals surface area (Å²) in [6.07, 6.45) is 0.880. The van der Waals surface area contributed by atoms with E-state index < -0.39 is 0 Å². The Morgan fingerprint density at radius 1 is 1.13 bits per heavy atom. The van der Waals surface area contributed by atoms with Crippen molar-refractivity contribution in [3.8, 4) is 11.3 Å². The van der Waals surface area contributed by atoms with Crippen molar-refractivity contribution in [3.05, 3.63) is 46.1 Å². The van der Waals surface area contributed by atoms with Gasteiger partial charge in [0.2, 0.25) is 0 Å². The second kappa shape index (κ2) is 4.30. The molecule has 3 heteroatoms. The van der Waals surface area contributed by atoms with E-state index >= 15 is 0 Å². The molecular weight excluding hydrogens is 231 g/mol. The van der Waals surface area contributed by atoms with Crippen molar-refractivity contribution < 1.29 is 4.42 Å². The van der Waals surface area contributed by atoms with Gasteiger partial charge in [0.25, 0.3) is 0 Å². The van der Waals surface area contributed by atoms with Crippen LogP contribution in [-0.4, -0.2) is 0 Å². The SMILES string of the molecule is CCc1ccc(-c2ccc(Cl)cc2Cl)o1. The summed E-state index contributed by atoms with van der Waals surface area (Å²) in [6, 6.07) is 9.26. The lowest BCUT2D eigenvalue weighted by Crippen LogP contribution is -1.76. The molecule has 0 aliphatic rings. The number of halogens is 2. The number of rotatable bonds is 2. The van der Waals surface area contributed by atoms with Crippen LogP contribution in [0.4, 0.5) is 0 Å². The molecule has 0 unspecified atom stereocenters. The van der Waals surface area contributed by atoms with Gasteiger partial charge in [-0.1, -0.05) is 30.1 Å². The third kappa shape index (κ3) is 2.19. The summed E-state index contributed by atoms with van der Waals surface area (Å²) in [5, 5.41) is 1.24. The monoisotopic (exact) mass is 240 g/mol. The molecule has 0 bridgehead atoms. The molecule has 1 nitrogen and oxygen atoms in total. The highest BCUT2D eigenvalue weighted by atomic mass is 35.5. The minimum atomic E-state index is 0.611. The van der Waals surface area contributed by atoms with Crippen LogP contribution in [0.5, 0.6) is 0 Å². The fourth-order valence-electron chi connectivity index (χ4n) is 1.40. The average molecular weight is 241 g/mol. The third-order valence-electron chi connectivity index (χ3n) is 2.21. The number of furan rings is 1. The van der Waals surface area contributed by atoms with Crippen LogP contribution in [0.3, 0.4) is 0 Å². The van der Waals surface area contributed by atoms with E-state index in [9.17, 15) is 0 Å². The molecule has 0 aliphatic carbocycles. The van der Waals surface area contributed by atoms with Gasteiger partial charge in [0.05, 0.1) is 5.02 Å². The Labute approximate surface area is 98.6 Å². The van der Waals surface area contributed by atoms with E-state index in [1.807, 2.05) is 25.1 Å². The molecular formula is C12H10Cl2O. The molecule has 2 aromatic rings. The first kappa shape index (κ1) is 10.6. The molecule has 15 heavy (non-hydrogen) atoms. The first-order valence-electron chi connectivity index (χ1n) is 4.75. The standard InChI is InChI=1S/C12H10Cl2O/c1-2-9-4-6-12(15-9)10-5-3-8(13)7-11(10)14/h3-7H,2H2,1H3. The highest BCUT2D eigenvalue weighted by Gasteiger charge is 2.08. The third-order valence-corrected chi connectivity index (χ3v) is 2.75. The maximum atomic E-state index is 6.07. The van der Waals surface area contributed by atoms with Crippen LogP contribution >= 0.6 is 23.2 Å². The molecule has 0 aliphatic heterocycles. The number of hydrogen-bond acceptors (Lipinski definition) is 1. The van der Waals surface area contributed by atoms with Gasteiger partial charge >= 0.3 is 0 Å². The lowest BCUT2D eigenvalue weighted by molar-refractivity contribution is 0.529. The van der Waals surface area contributed by atoms with E-state index in [1.165, 1.54) is 0 Å². The number of aryl methyl sites for hydroxylation is 1. The smallest absolute Gasteiger partial charge is 0.135 e. The fraction of sp³-hybridized carbons (Fsp3) is 0.167. The van der Waals surface area contributed by atoms with Gasteiger partial charge < -0.3 is 4.42 Å². The molecule has 0 atom stereocenters. The second-order valence-corrected chi connectivity index (χ2v) is 4.09. The van der Waals surface area contributed by atoms with Crippen LogP contribution in [0.15, 0.2) is 34.7 Å². The zero-order valence-corrected chi connectivity index (χ0v) is 9.77. The Balaban J connectivity index is 2.44. The molecule has 0 saturated carbocycles. The van der Waals surface area contributed by atoms with Gasteiger partial charge in [0, 0.05) is 17.0 Å². The van der Waals surface area contributed by atoms with E-state index in [-0.39, 0.29) is 0 Å². The van der Waals surface area contributed by atoms with E-state index in [1.54, 1.807) is 12.1 Å². The van der Waals surface area contributed by atoms with Crippen molar-refractivity contribution in [2.45, 2.75) is 13.3 Å². The van der Waals surface area contributed by atoms with Crippen molar-refractivity contribution in [1.29, 1.82) is 0 Å². The summed E-state index contributed by atoms with van der Waals surface area (Å²) in [4.78, 5) is 0. The molecule has 1 heterocycles. The summed E-state index contributed by atoms with van der Waals surface area (Å²) in [6.45, 7) is 2.05. The molecule has 0 spiro atoms. The number of benzene rings is 1. The lowest BCUT2D eigenvalue weighted by atomic mass is 10.2. The van der Waals surface area contributed by atoms with Gasteiger partial charge in [-0.3, -0.25) is 0 Å². The molecule has 0 N–H and O–H groups in total. The minimum Gasteiger partial charge on any atom is -0.461 e. The van der Waals surface area contributed by atoms with Crippen molar-refractivity contribution in [2.75, 3.05) is 0 Å². The Morgan fingerprint density at radius 3 is 2.53 bits per heavy atom. The van der Waals surface area contributed by atoms with Crippen molar-refractivity contribution in [3.63, 3.8) is 0 Å². The van der Waals surface area contributed by atoms with Crippen molar-refractivity contribution >= 4 is 23.2 Å². The molecule has 1 aromatic carbocycles. The zero-order valence-electron chi connectivity index (χ0n) is 8.26. The molecule has 78 valence electrons. The van der Waals surface area contributed by atoms with Gasteiger partial charge in [0.15, 0.2) is 0 Å². The van der Waals surface area contributed by atoms with Gasteiger partial charge in [-0.2, -0.15) is 0 Å². The Hall–Kier alpha value is -0.920. The lowest BCUT2D eigenvalue weighted by Gasteiger charge is -2.00. The average Bonchev–Trinajstić information content (AvgIpc) is 2.66. The molecule has 1 aromatic heterocycles. The summed E-state index contributed by atoms with van der Waals surface area (Å²) in [5.74, 6) is 1.74. The topological polar surface area (TPSA) is 13.1 Å². The van der Waals surface area contributed by atoms with E-state index in [0.717, 1.165) is 23.5 Å². The van der Waals surface area contributed by atoms with Crippen LogP contribution < -0.4 is 0 Å². The summed E-state index contributed by atoms with van der Waals surface area (Å²) >= 11 is 11.9. The second-order valence-electron chi connectivity index (χ2n) is 3.24. The molecule has 0 radical (unpaired) electrons. The highest BCUT2D eigenvalue weighted by molar-refractivity contribution is 6.36. The maximum Gasteiger partial charge on any atom is 0.135 e. The first-order chi connectivity index (χ1) is 7.20. The van der Waals surface area contributed by atoms with Gasteiger partial charge in [-0.15, -0.1) is 0 Å². The van der Waals surface area contributed by atoms with Gasteiger partial charge in [-0.05, 0) is 30.3 Å². The fourth-order valence-corrected chi connectivity index (χ4v) is 1.90. The molecule has 0 saturated heterocycles. The van der Waals surface area contributed by atoms with Crippen molar-refractivity contribution in [2.24, 2.45) is 0 Å². The molecule has 0 fully saturated rings. The normalized spacial score (nSPS) is 10.6. The van der Waals surface area contributed by atoms with Crippen LogP contribution in [0.2, 0.25) is 10.0 Å².